The molecule has 0 aliphatic heterocycles. The largest absolute Gasteiger partial charge is 0.507 e. The van der Waals surface area contributed by atoms with E-state index in [0.29, 0.717) is 21.6 Å². The molecule has 0 saturated carbocycles. The van der Waals surface area contributed by atoms with Gasteiger partial charge in [0.15, 0.2) is 0 Å². The molecule has 0 saturated heterocycles. The highest BCUT2D eigenvalue weighted by Crippen LogP contribution is 2.30. The molecular weight excluding hydrogens is 300 g/mol. The van der Waals surface area contributed by atoms with Crippen molar-refractivity contribution in [3.05, 3.63) is 56.6 Å². The lowest BCUT2D eigenvalue weighted by Gasteiger charge is -2.09. The Hall–Kier alpha value is -2.60. The molecule has 22 heavy (non-hydrogen) atoms. The topological polar surface area (TPSA) is 71.3 Å². The average molecular weight is 314 g/mol. The van der Waals surface area contributed by atoms with Gasteiger partial charge in [-0.2, -0.15) is 0 Å². The summed E-state index contributed by atoms with van der Waals surface area (Å²) in [6, 6.07) is 10.5. The second-order valence-corrected chi connectivity index (χ2v) is 5.94. The Morgan fingerprint density at radius 2 is 1.86 bits per heavy atom. The zero-order valence-corrected chi connectivity index (χ0v) is 12.9. The first-order chi connectivity index (χ1) is 10.5. The Bertz CT molecular complexity index is 940. The predicted octanol–water partition coefficient (Wildman–Crippen LogP) is 2.87. The van der Waals surface area contributed by atoms with Gasteiger partial charge in [0.1, 0.15) is 10.6 Å². The van der Waals surface area contributed by atoms with E-state index in [4.69, 9.17) is 0 Å². The van der Waals surface area contributed by atoms with Crippen LogP contribution in [0.1, 0.15) is 15.4 Å². The summed E-state index contributed by atoms with van der Waals surface area (Å²) in [6.45, 7) is 1.74. The summed E-state index contributed by atoms with van der Waals surface area (Å²) in [4.78, 5) is 24.3. The summed E-state index contributed by atoms with van der Waals surface area (Å²) < 4.78 is 1.45. The molecule has 6 heteroatoms. The highest BCUT2D eigenvalue weighted by atomic mass is 32.1. The molecule has 1 amide bonds. The Kier molecular flexibility index (Phi) is 3.46. The number of fused-ring (bicyclic) bond motifs is 1. The molecule has 2 N–H and O–H groups in total. The number of aromatic hydroxyl groups is 1. The van der Waals surface area contributed by atoms with Crippen LogP contribution in [-0.4, -0.2) is 15.6 Å². The van der Waals surface area contributed by atoms with Crippen LogP contribution in [-0.2, 0) is 7.05 Å². The van der Waals surface area contributed by atoms with E-state index < -0.39 is 0 Å². The molecule has 1 heterocycles. The molecule has 0 aliphatic carbocycles. The van der Waals surface area contributed by atoms with Gasteiger partial charge in [-0.25, -0.2) is 0 Å². The van der Waals surface area contributed by atoms with Crippen molar-refractivity contribution in [2.75, 3.05) is 5.32 Å². The SMILES string of the molecule is Cc1c(C(=O)Nc2cccc3c(O)cccc23)sc(=O)n1C. The van der Waals surface area contributed by atoms with Crippen LogP contribution in [0.2, 0.25) is 0 Å². The molecule has 112 valence electrons. The van der Waals surface area contributed by atoms with E-state index in [-0.39, 0.29) is 16.5 Å². The minimum atomic E-state index is -0.323. The van der Waals surface area contributed by atoms with Crippen molar-refractivity contribution >= 4 is 33.7 Å². The molecule has 2 aromatic carbocycles. The first-order valence-electron chi connectivity index (χ1n) is 6.67. The summed E-state index contributed by atoms with van der Waals surface area (Å²) in [5.74, 6) is -0.162. The lowest BCUT2D eigenvalue weighted by Crippen LogP contribution is -2.13. The van der Waals surface area contributed by atoms with E-state index in [9.17, 15) is 14.7 Å². The fourth-order valence-electron chi connectivity index (χ4n) is 2.31. The minimum absolute atomic E-state index is 0.161. The number of thiazole rings is 1. The van der Waals surface area contributed by atoms with Crippen molar-refractivity contribution in [2.45, 2.75) is 6.92 Å². The van der Waals surface area contributed by atoms with Crippen molar-refractivity contribution in [2.24, 2.45) is 7.05 Å². The van der Waals surface area contributed by atoms with Crippen molar-refractivity contribution in [3.63, 3.8) is 0 Å². The Labute approximate surface area is 130 Å². The summed E-state index contributed by atoms with van der Waals surface area (Å²) in [5, 5.41) is 14.1. The van der Waals surface area contributed by atoms with Gasteiger partial charge in [-0.1, -0.05) is 35.6 Å². The molecule has 5 nitrogen and oxygen atoms in total. The van der Waals surface area contributed by atoms with Crippen LogP contribution in [0, 0.1) is 6.92 Å². The average Bonchev–Trinajstić information content (AvgIpc) is 2.76. The molecule has 0 radical (unpaired) electrons. The lowest BCUT2D eigenvalue weighted by atomic mass is 10.1. The van der Waals surface area contributed by atoms with E-state index in [1.807, 2.05) is 6.07 Å². The molecule has 3 aromatic rings. The molecule has 3 rings (SSSR count). The molecule has 0 atom stereocenters. The first kappa shape index (κ1) is 14.3. The van der Waals surface area contributed by atoms with E-state index >= 15 is 0 Å². The van der Waals surface area contributed by atoms with E-state index in [0.717, 1.165) is 16.7 Å². The summed E-state index contributed by atoms with van der Waals surface area (Å²) in [5.41, 5.74) is 1.23. The Morgan fingerprint density at radius 1 is 1.18 bits per heavy atom. The number of phenolic OH excluding ortho intramolecular Hbond substituents is 1. The van der Waals surface area contributed by atoms with Crippen LogP contribution in [0.4, 0.5) is 5.69 Å². The van der Waals surface area contributed by atoms with Crippen LogP contribution < -0.4 is 10.2 Å². The number of aromatic nitrogens is 1. The zero-order chi connectivity index (χ0) is 15.9. The monoisotopic (exact) mass is 314 g/mol. The van der Waals surface area contributed by atoms with Crippen LogP contribution in [0.15, 0.2) is 41.2 Å². The third-order valence-electron chi connectivity index (χ3n) is 3.65. The number of amides is 1. The van der Waals surface area contributed by atoms with Gasteiger partial charge in [0.2, 0.25) is 0 Å². The van der Waals surface area contributed by atoms with Gasteiger partial charge in [-0.3, -0.25) is 9.59 Å². The number of phenols is 1. The van der Waals surface area contributed by atoms with E-state index in [1.165, 1.54) is 4.57 Å². The Balaban J connectivity index is 2.03. The van der Waals surface area contributed by atoms with E-state index in [2.05, 4.69) is 5.32 Å². The standard InChI is InChI=1S/C16H14N2O3S/c1-9-14(22-16(21)18(9)2)15(20)17-12-7-3-6-11-10(12)5-4-8-13(11)19/h3-8,19H,1-2H3,(H,17,20). The Morgan fingerprint density at radius 3 is 2.55 bits per heavy atom. The summed E-state index contributed by atoms with van der Waals surface area (Å²) in [7, 11) is 1.64. The number of rotatable bonds is 2. The number of carbonyl (C=O) groups excluding carboxylic acids is 1. The fraction of sp³-hybridized carbons (Fsp3) is 0.125. The second kappa shape index (κ2) is 5.31. The normalized spacial score (nSPS) is 10.8. The summed E-state index contributed by atoms with van der Waals surface area (Å²) >= 11 is 0.923. The molecule has 1 aromatic heterocycles. The fourth-order valence-corrected chi connectivity index (χ4v) is 3.19. The molecular formula is C16H14N2O3S. The third-order valence-corrected chi connectivity index (χ3v) is 4.78. The summed E-state index contributed by atoms with van der Waals surface area (Å²) in [6.07, 6.45) is 0. The van der Waals surface area contributed by atoms with Gasteiger partial charge in [-0.05, 0) is 19.1 Å². The smallest absolute Gasteiger partial charge is 0.307 e. The maximum absolute atomic E-state index is 12.4. The zero-order valence-electron chi connectivity index (χ0n) is 12.1. The molecule has 0 fully saturated rings. The number of nitrogens with one attached hydrogen (secondary N) is 1. The maximum atomic E-state index is 12.4. The van der Waals surface area contributed by atoms with Crippen LogP contribution in [0.25, 0.3) is 10.8 Å². The van der Waals surface area contributed by atoms with Gasteiger partial charge in [0.05, 0.1) is 0 Å². The third kappa shape index (κ3) is 2.27. The van der Waals surface area contributed by atoms with E-state index in [1.54, 1.807) is 44.3 Å². The second-order valence-electron chi connectivity index (χ2n) is 4.97. The van der Waals surface area contributed by atoms with Crippen LogP contribution >= 0.6 is 11.3 Å². The minimum Gasteiger partial charge on any atom is -0.507 e. The number of benzene rings is 2. The van der Waals surface area contributed by atoms with Crippen molar-refractivity contribution in [1.29, 1.82) is 0 Å². The van der Waals surface area contributed by atoms with Gasteiger partial charge in [0, 0.05) is 29.2 Å². The van der Waals surface area contributed by atoms with Crippen molar-refractivity contribution in [1.82, 2.24) is 4.57 Å². The highest BCUT2D eigenvalue weighted by molar-refractivity contribution is 7.11. The van der Waals surface area contributed by atoms with Gasteiger partial charge in [-0.15, -0.1) is 0 Å². The number of anilines is 1. The first-order valence-corrected chi connectivity index (χ1v) is 7.49. The van der Waals surface area contributed by atoms with Crippen LogP contribution in [0.5, 0.6) is 5.75 Å². The molecule has 0 bridgehead atoms. The molecule has 0 aliphatic rings. The van der Waals surface area contributed by atoms with Crippen molar-refractivity contribution in [3.8, 4) is 5.75 Å². The quantitative estimate of drug-likeness (QED) is 0.764. The number of carbonyl (C=O) groups is 1. The molecule has 0 spiro atoms. The van der Waals surface area contributed by atoms with Crippen molar-refractivity contribution < 1.29 is 9.90 Å². The van der Waals surface area contributed by atoms with Crippen LogP contribution in [0.3, 0.4) is 0 Å². The van der Waals surface area contributed by atoms with Gasteiger partial charge >= 0.3 is 4.87 Å². The number of hydrogen-bond donors (Lipinski definition) is 2. The van der Waals surface area contributed by atoms with Gasteiger partial charge < -0.3 is 15.0 Å². The molecule has 0 unspecified atom stereocenters. The lowest BCUT2D eigenvalue weighted by molar-refractivity contribution is 0.102. The highest BCUT2D eigenvalue weighted by Gasteiger charge is 2.17. The maximum Gasteiger partial charge on any atom is 0.307 e. The number of hydrogen-bond acceptors (Lipinski definition) is 4. The predicted molar refractivity (Wildman–Crippen MR) is 87.9 cm³/mol. The van der Waals surface area contributed by atoms with Gasteiger partial charge in [0.25, 0.3) is 5.91 Å². The number of nitrogens with zero attached hydrogens (tertiary/aromatic N) is 1.